The quantitative estimate of drug-likeness (QED) is 0.887. The molecule has 3 saturated heterocycles. The maximum atomic E-state index is 12.3. The van der Waals surface area contributed by atoms with E-state index in [0.717, 1.165) is 28.2 Å². The number of fused-ring (bicyclic) bond motifs is 2. The van der Waals surface area contributed by atoms with Crippen molar-refractivity contribution < 1.29 is 9.53 Å². The summed E-state index contributed by atoms with van der Waals surface area (Å²) in [5.41, 5.74) is 2.81. The third-order valence-corrected chi connectivity index (χ3v) is 7.15. The SMILES string of the molecule is O=C(Nc1ncsc1-c1ccccc1)OCC1C2CN3CCC(CC3)C12. The summed E-state index contributed by atoms with van der Waals surface area (Å²) in [7, 11) is 0. The van der Waals surface area contributed by atoms with E-state index in [1.807, 2.05) is 30.3 Å². The van der Waals surface area contributed by atoms with Crippen molar-refractivity contribution >= 4 is 23.2 Å². The van der Waals surface area contributed by atoms with Gasteiger partial charge in [-0.3, -0.25) is 5.32 Å². The fourth-order valence-corrected chi connectivity index (χ4v) is 5.67. The molecule has 2 aromatic rings. The van der Waals surface area contributed by atoms with Crippen molar-refractivity contribution in [3.05, 3.63) is 35.8 Å². The lowest BCUT2D eigenvalue weighted by Gasteiger charge is -2.29. The molecule has 1 N–H and O–H groups in total. The Hall–Kier alpha value is -1.92. The van der Waals surface area contributed by atoms with Crippen LogP contribution in [0.3, 0.4) is 0 Å². The predicted octanol–water partition coefficient (Wildman–Crippen LogP) is 3.95. The van der Waals surface area contributed by atoms with E-state index < -0.39 is 0 Å². The van der Waals surface area contributed by atoms with Crippen molar-refractivity contribution in [1.82, 2.24) is 9.88 Å². The van der Waals surface area contributed by atoms with Crippen LogP contribution in [-0.4, -0.2) is 42.2 Å². The van der Waals surface area contributed by atoms with Gasteiger partial charge < -0.3 is 9.64 Å². The van der Waals surface area contributed by atoms with E-state index in [1.54, 1.807) is 5.51 Å². The molecule has 6 rings (SSSR count). The summed E-state index contributed by atoms with van der Waals surface area (Å²) < 4.78 is 5.57. The normalized spacial score (nSPS) is 31.8. The number of carbonyl (C=O) groups excluding carboxylic acids is 1. The molecule has 4 fully saturated rings. The van der Waals surface area contributed by atoms with Crippen molar-refractivity contribution in [1.29, 1.82) is 0 Å². The molecule has 2 bridgehead atoms. The molecule has 6 heteroatoms. The van der Waals surface area contributed by atoms with Crippen molar-refractivity contribution in [2.75, 3.05) is 31.6 Å². The number of benzene rings is 1. The molecule has 0 spiro atoms. The van der Waals surface area contributed by atoms with Gasteiger partial charge in [-0.15, -0.1) is 11.3 Å². The number of ether oxygens (including phenoxy) is 1. The Morgan fingerprint density at radius 1 is 1.27 bits per heavy atom. The van der Waals surface area contributed by atoms with Crippen molar-refractivity contribution in [2.45, 2.75) is 12.8 Å². The number of nitrogens with zero attached hydrogens (tertiary/aromatic N) is 2. The van der Waals surface area contributed by atoms with Gasteiger partial charge in [-0.05, 0) is 49.2 Å². The van der Waals surface area contributed by atoms with Gasteiger partial charge in [0.1, 0.15) is 0 Å². The van der Waals surface area contributed by atoms with Crippen LogP contribution in [0.2, 0.25) is 0 Å². The summed E-state index contributed by atoms with van der Waals surface area (Å²) in [6.45, 7) is 4.26. The number of thiazole rings is 1. The highest BCUT2D eigenvalue weighted by Crippen LogP contribution is 2.56. The second-order valence-corrected chi connectivity index (χ2v) is 8.52. The summed E-state index contributed by atoms with van der Waals surface area (Å²) in [6.07, 6.45) is 2.26. The topological polar surface area (TPSA) is 54.5 Å². The Morgan fingerprint density at radius 3 is 2.88 bits per heavy atom. The van der Waals surface area contributed by atoms with Crippen LogP contribution < -0.4 is 5.32 Å². The van der Waals surface area contributed by atoms with E-state index in [1.165, 1.54) is 43.8 Å². The molecule has 3 unspecified atom stereocenters. The summed E-state index contributed by atoms with van der Waals surface area (Å²) in [6, 6.07) is 9.99. The minimum Gasteiger partial charge on any atom is -0.449 e. The lowest BCUT2D eigenvalue weighted by Crippen LogP contribution is -2.33. The first kappa shape index (κ1) is 16.3. The Bertz CT molecular complexity index is 785. The van der Waals surface area contributed by atoms with Crippen LogP contribution in [0, 0.1) is 23.7 Å². The van der Waals surface area contributed by atoms with Crippen LogP contribution in [0.15, 0.2) is 35.8 Å². The largest absolute Gasteiger partial charge is 0.449 e. The van der Waals surface area contributed by atoms with Crippen molar-refractivity contribution in [3.63, 3.8) is 0 Å². The second-order valence-electron chi connectivity index (χ2n) is 7.66. The Kier molecular flexibility index (Phi) is 4.17. The second kappa shape index (κ2) is 6.67. The van der Waals surface area contributed by atoms with Crippen LogP contribution in [0.25, 0.3) is 10.4 Å². The first-order valence-electron chi connectivity index (χ1n) is 9.44. The van der Waals surface area contributed by atoms with Crippen LogP contribution in [0.4, 0.5) is 10.6 Å². The third-order valence-electron chi connectivity index (χ3n) is 6.27. The minimum atomic E-state index is -0.389. The smallest absolute Gasteiger partial charge is 0.412 e. The van der Waals surface area contributed by atoms with E-state index in [2.05, 4.69) is 15.2 Å². The van der Waals surface area contributed by atoms with Gasteiger partial charge in [-0.2, -0.15) is 0 Å². The zero-order valence-electron chi connectivity index (χ0n) is 14.6. The van der Waals surface area contributed by atoms with Gasteiger partial charge in [-0.25, -0.2) is 9.78 Å². The van der Waals surface area contributed by atoms with E-state index in [-0.39, 0.29) is 6.09 Å². The highest BCUT2D eigenvalue weighted by Gasteiger charge is 2.57. The molecule has 0 radical (unpaired) electrons. The molecule has 4 heterocycles. The van der Waals surface area contributed by atoms with E-state index in [9.17, 15) is 4.79 Å². The van der Waals surface area contributed by atoms with Crippen molar-refractivity contribution in [2.24, 2.45) is 23.7 Å². The Balaban J connectivity index is 1.18. The molecule has 4 aliphatic rings. The van der Waals surface area contributed by atoms with Crippen LogP contribution in [0.5, 0.6) is 0 Å². The zero-order chi connectivity index (χ0) is 17.5. The number of aromatic nitrogens is 1. The van der Waals surface area contributed by atoms with E-state index in [4.69, 9.17) is 4.74 Å². The zero-order valence-corrected chi connectivity index (χ0v) is 15.5. The van der Waals surface area contributed by atoms with Crippen molar-refractivity contribution in [3.8, 4) is 10.4 Å². The number of anilines is 1. The first-order chi connectivity index (χ1) is 12.8. The average Bonchev–Trinajstić information content (AvgIpc) is 3.26. The summed E-state index contributed by atoms with van der Waals surface area (Å²) in [5, 5.41) is 2.83. The number of amides is 1. The molecule has 26 heavy (non-hydrogen) atoms. The number of nitrogens with one attached hydrogen (secondary N) is 1. The summed E-state index contributed by atoms with van der Waals surface area (Å²) >= 11 is 1.52. The fourth-order valence-electron chi connectivity index (χ4n) is 4.92. The molecule has 1 aromatic carbocycles. The van der Waals surface area contributed by atoms with Crippen LogP contribution in [-0.2, 0) is 4.74 Å². The van der Waals surface area contributed by atoms with E-state index in [0.29, 0.717) is 18.3 Å². The maximum absolute atomic E-state index is 12.3. The van der Waals surface area contributed by atoms with Gasteiger partial charge in [0.05, 0.1) is 17.0 Å². The predicted molar refractivity (Wildman–Crippen MR) is 102 cm³/mol. The van der Waals surface area contributed by atoms with Gasteiger partial charge in [0, 0.05) is 12.5 Å². The molecule has 1 saturated carbocycles. The lowest BCUT2D eigenvalue weighted by molar-refractivity contribution is 0.137. The third kappa shape index (κ3) is 3.01. The summed E-state index contributed by atoms with van der Waals surface area (Å²) in [4.78, 5) is 20.1. The minimum absolute atomic E-state index is 0.389. The van der Waals surface area contributed by atoms with Crippen LogP contribution >= 0.6 is 11.3 Å². The Morgan fingerprint density at radius 2 is 2.08 bits per heavy atom. The monoisotopic (exact) mass is 369 g/mol. The van der Waals surface area contributed by atoms with Gasteiger partial charge in [0.15, 0.2) is 5.82 Å². The first-order valence-corrected chi connectivity index (χ1v) is 10.3. The molecule has 1 aliphatic carbocycles. The Labute approximate surface area is 157 Å². The average molecular weight is 369 g/mol. The highest BCUT2D eigenvalue weighted by molar-refractivity contribution is 7.13. The fraction of sp³-hybridized carbons (Fsp3) is 0.500. The van der Waals surface area contributed by atoms with Gasteiger partial charge in [0.2, 0.25) is 0 Å². The van der Waals surface area contributed by atoms with Gasteiger partial charge >= 0.3 is 6.09 Å². The maximum Gasteiger partial charge on any atom is 0.412 e. The standard InChI is InChI=1S/C20H23N3O2S/c24-20(22-19-18(26-12-21-19)14-4-2-1-3-5-14)25-11-16-15-10-23-8-6-13(7-9-23)17(15)16/h1-5,12-13,15-17H,6-11H2,(H,22,24). The van der Waals surface area contributed by atoms with Gasteiger partial charge in [0.25, 0.3) is 0 Å². The number of piperidine rings is 1. The molecule has 5 nitrogen and oxygen atoms in total. The molecule has 1 aromatic heterocycles. The number of hydrogen-bond acceptors (Lipinski definition) is 5. The lowest BCUT2D eigenvalue weighted by atomic mass is 9.92. The van der Waals surface area contributed by atoms with Gasteiger partial charge in [-0.1, -0.05) is 30.3 Å². The number of hydrogen-bond donors (Lipinski definition) is 1. The summed E-state index contributed by atoms with van der Waals surface area (Å²) in [5.74, 6) is 3.49. The molecular weight excluding hydrogens is 346 g/mol. The van der Waals surface area contributed by atoms with E-state index >= 15 is 0 Å². The molecule has 1 amide bonds. The number of rotatable bonds is 4. The molecule has 136 valence electrons. The molecule has 3 atom stereocenters. The molecular formula is C20H23N3O2S. The van der Waals surface area contributed by atoms with Crippen LogP contribution in [0.1, 0.15) is 12.8 Å². The molecule has 3 aliphatic heterocycles. The number of carbonyl (C=O) groups is 1. The highest BCUT2D eigenvalue weighted by atomic mass is 32.1.